The molecule has 137 heavy (non-hydrogen) atoms. The van der Waals surface area contributed by atoms with E-state index >= 15 is 0 Å². The van der Waals surface area contributed by atoms with E-state index in [9.17, 15) is 30.0 Å². The first-order valence-electron chi connectivity index (χ1n) is 39.3. The van der Waals surface area contributed by atoms with Gasteiger partial charge in [0.25, 0.3) is 0 Å². The lowest BCUT2D eigenvalue weighted by Crippen LogP contribution is -2.46. The van der Waals surface area contributed by atoms with Crippen LogP contribution in [-0.4, -0.2) is 80.1 Å². The summed E-state index contributed by atoms with van der Waals surface area (Å²) in [5, 5.41) is 57.5. The Morgan fingerprint density at radius 1 is 0.336 bits per heavy atom. The molecule has 4 atom stereocenters. The van der Waals surface area contributed by atoms with Crippen molar-refractivity contribution in [2.45, 2.75) is 131 Å². The highest BCUT2D eigenvalue weighted by Crippen LogP contribution is 2.38. The Morgan fingerprint density at radius 3 is 0.737 bits per heavy atom. The number of aliphatic hydroxyl groups excluding tert-OH is 5. The fourth-order valence-electron chi connectivity index (χ4n) is 8.64. The van der Waals surface area contributed by atoms with Crippen molar-refractivity contribution in [1.29, 1.82) is 0 Å². The molecule has 2 aromatic heterocycles. The van der Waals surface area contributed by atoms with Gasteiger partial charge in [-0.2, -0.15) is 0 Å². The van der Waals surface area contributed by atoms with Gasteiger partial charge in [-0.05, 0) is 181 Å². The summed E-state index contributed by atoms with van der Waals surface area (Å²) in [5.74, 6) is 166. The van der Waals surface area contributed by atoms with Crippen LogP contribution in [0.4, 0.5) is 0 Å². The molecule has 6 aromatic rings. The molecule has 0 fully saturated rings. The van der Waals surface area contributed by atoms with E-state index in [0.717, 1.165) is 33.4 Å². The molecule has 6 rings (SSSR count). The summed E-state index contributed by atoms with van der Waals surface area (Å²) in [5.41, 5.74) is 5.03. The molecule has 0 unspecified atom stereocenters. The Morgan fingerprint density at radius 2 is 0.540 bits per heavy atom. The first kappa shape index (κ1) is 111. The Kier molecular flexibility index (Phi) is 54.8. The number of hydrogen-bond donors (Lipinski definition) is 5. The van der Waals surface area contributed by atoms with E-state index < -0.39 is 63.1 Å². The van der Waals surface area contributed by atoms with Gasteiger partial charge in [0.2, 0.25) is 0 Å². The number of carbonyl (C=O) groups is 2. The largest absolute Gasteiger partial charge is 0.409 e. The van der Waals surface area contributed by atoms with Crippen LogP contribution in [0.15, 0.2) is 118 Å². The Balaban J connectivity index is 0.000000587. The van der Waals surface area contributed by atoms with Crippen molar-refractivity contribution in [2.75, 3.05) is 13.2 Å². The van der Waals surface area contributed by atoms with Crippen molar-refractivity contribution in [3.63, 3.8) is 0 Å². The van der Waals surface area contributed by atoms with Gasteiger partial charge < -0.3 is 48.5 Å². The van der Waals surface area contributed by atoms with E-state index in [1.54, 1.807) is 13.0 Å². The first-order valence-corrected chi connectivity index (χ1v) is 42.2. The average molecular weight is 1790 g/mol. The zero-order chi connectivity index (χ0) is 98.5. The zero-order valence-corrected chi connectivity index (χ0v) is 75.9. The van der Waals surface area contributed by atoms with Crippen LogP contribution in [0.5, 0.6) is 0 Å². The highest BCUT2D eigenvalue weighted by molar-refractivity contribution is 6.74. The number of aliphatic hydroxyl groups is 5. The minimum atomic E-state index is -2.01. The normalized spacial score (nSPS) is 9.12. The van der Waals surface area contributed by atoms with Gasteiger partial charge in [-0.3, -0.25) is 9.59 Å². The van der Waals surface area contributed by atoms with E-state index in [-0.39, 0.29) is 49.4 Å². The highest BCUT2D eigenvalue weighted by atomic mass is 28.4. The van der Waals surface area contributed by atoms with Crippen LogP contribution in [0, 0.1) is 417 Å². The van der Waals surface area contributed by atoms with Crippen LogP contribution < -0.4 is 0 Å². The van der Waals surface area contributed by atoms with Crippen molar-refractivity contribution < 1.29 is 58.1 Å². The van der Waals surface area contributed by atoms with Gasteiger partial charge in [0, 0.05) is 308 Å². The summed E-state index contributed by atoms with van der Waals surface area (Å²) in [6.07, 6.45) is 2.03. The van der Waals surface area contributed by atoms with Crippen LogP contribution in [0.3, 0.4) is 0 Å². The number of Topliss-reactive ketones (excluding diaryl/α,β-unsaturated/α-hetero) is 2. The number of benzene rings is 4. The number of aryl methyl sites for hydroxylation is 2. The number of hydrogen-bond acceptors (Lipinski definition) is 14. The molecule has 0 amide bonds. The number of rotatable bonds is 20. The second kappa shape index (κ2) is 67.8. The van der Waals surface area contributed by atoms with Gasteiger partial charge >= 0.3 is 0 Å². The molecule has 14 nitrogen and oxygen atoms in total. The Labute approximate surface area is 806 Å². The first-order chi connectivity index (χ1) is 66.0. The van der Waals surface area contributed by atoms with Crippen LogP contribution in [-0.2, 0) is 49.9 Å². The number of ether oxygens (including phenoxy) is 2. The Bertz CT molecular complexity index is 7950. The lowest BCUT2D eigenvalue weighted by molar-refractivity contribution is -0.166. The van der Waals surface area contributed by atoms with Crippen LogP contribution >= 0.6 is 0 Å². The fraction of sp³-hybridized carbons (Fsp3) is 0.180. The van der Waals surface area contributed by atoms with E-state index in [0.29, 0.717) is 5.76 Å². The topological polar surface area (TPSA) is 215 Å². The van der Waals surface area contributed by atoms with Crippen LogP contribution in [0.25, 0.3) is 22.3 Å². The minimum Gasteiger partial charge on any atom is -0.409 e. The lowest BCUT2D eigenvalue weighted by atomic mass is 9.91. The number of aromatic nitrogens is 2. The van der Waals surface area contributed by atoms with Gasteiger partial charge in [-0.1, -0.05) is 153 Å². The summed E-state index contributed by atoms with van der Waals surface area (Å²) in [4.78, 5) is 25.1. The molecule has 0 aliphatic heterocycles. The summed E-state index contributed by atoms with van der Waals surface area (Å²) in [7, 11) is -2.01. The van der Waals surface area contributed by atoms with Gasteiger partial charge in [0.1, 0.15) is 43.4 Å². The molecule has 4 aromatic carbocycles. The minimum absolute atomic E-state index is 0. The van der Waals surface area contributed by atoms with Crippen molar-refractivity contribution in [3.05, 3.63) is 154 Å². The third-order valence-electron chi connectivity index (χ3n) is 16.6. The SMILES string of the molecule is C.C#CC#CC#CC#CC#CC#CC#CC#CC#CC#CC#CC#CC#CC#CC#CC#CC#CC#CC#CC#CC#CC#CC#CC#CC#CC#CC#CC#CC#CC#CC#CC#CC#CC#CC.Cc1ccc(-c2ccc(CO[C@](C)(C(=O)CO)[C@@H](O)c3cc(CO)on3)cc2)cc1.Cc1ccc(-c2ccc(CO[C@](C)(C(=O)CO)[C@@H](O)c3cc(CO[Si](C)(C)C(C)(C)C)on3)cc2)cc1. The van der Waals surface area contributed by atoms with Crippen molar-refractivity contribution in [2.24, 2.45) is 0 Å². The fourth-order valence-corrected chi connectivity index (χ4v) is 9.58. The zero-order valence-electron chi connectivity index (χ0n) is 74.9. The predicted octanol–water partition coefficient (Wildman–Crippen LogP) is 9.84. The number of nitrogens with zero attached hydrogens (tertiary/aromatic N) is 2. The second-order valence-corrected chi connectivity index (χ2v) is 31.9. The standard InChI is InChI=1S/C69H4.C29H39NO6Si.C23H25NO6.CH4/c1-3-5-7-9-11-13-15-17-19-21-23-25-27-29-31-33-35-37-39-41-43-45-47-49-51-53-55-57-59-61-63-65-67-69-68-66-64-62-60-58-56-54-52-50-48-46-44-42-40-38-36-34-32-30-28-26-24-22-20-18-16-14-12-10-8-6-4-2;1-20-8-12-22(13-9-20)23-14-10-21(11-15-23)18-34-29(5,26(32)17-31)27(33)25-16-24(36-30-25)19-35-37(6,7)28(2,3)4;1-15-3-7-17(8-4-15)18-9-5-16(6-10-18)14-29-23(2,21(27)13-26)22(28)20-11-19(12-25)30-24-20;/h1H,2H3;8-16,27,31,33H,17-19H2,1-7H3;3-11,22,25-26,28H,12-14H2,1-2H3;1H4/t;27-,29+;22-,23+;/m.00./s1. The summed E-state index contributed by atoms with van der Waals surface area (Å²) >= 11 is 0. The quantitative estimate of drug-likeness (QED) is 0.0356. The average Bonchev–Trinajstić information content (AvgIpc) is 1.76. The smallest absolute Gasteiger partial charge is 0.192 e. The Hall–Kier alpha value is -20.4. The maximum Gasteiger partial charge on any atom is 0.192 e. The van der Waals surface area contributed by atoms with E-state index in [2.05, 4.69) is 465 Å². The molecule has 0 bridgehead atoms. The molecular weight excluding hydrogens is 1710 g/mol. The maximum atomic E-state index is 12.7. The second-order valence-electron chi connectivity index (χ2n) is 27.0. The van der Waals surface area contributed by atoms with Crippen LogP contribution in [0.2, 0.25) is 18.1 Å². The third kappa shape index (κ3) is 47.8. The third-order valence-corrected chi connectivity index (χ3v) is 21.1. The van der Waals surface area contributed by atoms with Crippen LogP contribution in [0.1, 0.15) is 106 Å². The molecule has 0 spiro atoms. The number of terminal acetylenes is 1. The maximum absolute atomic E-state index is 12.7. The van der Waals surface area contributed by atoms with Gasteiger partial charge in [0.15, 0.2) is 42.6 Å². The molecule has 5 N–H and O–H groups in total. The molecule has 646 valence electrons. The molecule has 0 radical (unpaired) electrons. The molecule has 2 heterocycles. The van der Waals surface area contributed by atoms with Gasteiger partial charge in [0.05, 0.1) is 19.8 Å². The monoisotopic (exact) mass is 1780 g/mol. The number of ketones is 2. The predicted molar refractivity (Wildman–Crippen MR) is 532 cm³/mol. The van der Waals surface area contributed by atoms with Crippen molar-refractivity contribution in [3.8, 4) is 425 Å². The van der Waals surface area contributed by atoms with E-state index in [1.165, 1.54) is 31.0 Å². The molecule has 0 saturated carbocycles. The summed E-state index contributed by atoms with van der Waals surface area (Å²) < 4.78 is 28.2. The molecule has 15 heteroatoms. The summed E-state index contributed by atoms with van der Waals surface area (Å²) in [6, 6.07) is 34.8. The highest BCUT2D eigenvalue weighted by Gasteiger charge is 2.45. The van der Waals surface area contributed by atoms with E-state index in [1.807, 2.05) is 86.6 Å². The van der Waals surface area contributed by atoms with Gasteiger partial charge in [-0.15, -0.1) is 6.42 Å². The summed E-state index contributed by atoms with van der Waals surface area (Å²) in [6.45, 7) is 17.7. The van der Waals surface area contributed by atoms with Crippen molar-refractivity contribution >= 4 is 19.9 Å². The molecule has 0 aliphatic rings. The number of carbonyl (C=O) groups excluding carboxylic acids is 2. The molecule has 0 saturated heterocycles. The lowest BCUT2D eigenvalue weighted by Gasteiger charge is -2.35. The van der Waals surface area contributed by atoms with Gasteiger partial charge in [-0.25, -0.2) is 0 Å². The van der Waals surface area contributed by atoms with Crippen molar-refractivity contribution in [1.82, 2.24) is 10.3 Å². The molecule has 0 aliphatic carbocycles. The van der Waals surface area contributed by atoms with E-state index in [4.69, 9.17) is 34.5 Å². The molecular formula is C122H72N2O12Si.